The van der Waals surface area contributed by atoms with Crippen LogP contribution in [-0.2, 0) is 0 Å². The third kappa shape index (κ3) is 2.20. The van der Waals surface area contributed by atoms with Crippen molar-refractivity contribution in [3.05, 3.63) is 23.9 Å². The molecule has 2 fully saturated rings. The van der Waals surface area contributed by atoms with E-state index in [9.17, 15) is 0 Å². The molecule has 5 heteroatoms. The van der Waals surface area contributed by atoms with Gasteiger partial charge in [0.2, 0.25) is 0 Å². The van der Waals surface area contributed by atoms with Crippen LogP contribution >= 0.6 is 0 Å². The van der Waals surface area contributed by atoms with Crippen molar-refractivity contribution in [2.45, 2.75) is 50.1 Å². The SMILES string of the molecule is NNC(c1cccnc1N)C1(N2CCCC2)CCCC1. The van der Waals surface area contributed by atoms with E-state index in [1.165, 1.54) is 51.6 Å². The summed E-state index contributed by atoms with van der Waals surface area (Å²) in [6.07, 6.45) is 9.25. The molecule has 20 heavy (non-hydrogen) atoms. The maximum Gasteiger partial charge on any atom is 0.128 e. The van der Waals surface area contributed by atoms with Gasteiger partial charge < -0.3 is 5.73 Å². The van der Waals surface area contributed by atoms with Gasteiger partial charge in [-0.3, -0.25) is 16.2 Å². The van der Waals surface area contributed by atoms with Crippen LogP contribution in [0, 0.1) is 0 Å². The number of hydrogen-bond acceptors (Lipinski definition) is 5. The summed E-state index contributed by atoms with van der Waals surface area (Å²) in [5, 5.41) is 0. The first-order valence-corrected chi connectivity index (χ1v) is 7.69. The highest BCUT2D eigenvalue weighted by Crippen LogP contribution is 2.46. The number of likely N-dealkylation sites (tertiary alicyclic amines) is 1. The van der Waals surface area contributed by atoms with Crippen molar-refractivity contribution < 1.29 is 0 Å². The molecule has 1 saturated carbocycles. The first-order valence-electron chi connectivity index (χ1n) is 7.69. The van der Waals surface area contributed by atoms with E-state index in [-0.39, 0.29) is 11.6 Å². The van der Waals surface area contributed by atoms with Crippen LogP contribution in [0.5, 0.6) is 0 Å². The van der Waals surface area contributed by atoms with Crippen LogP contribution < -0.4 is 17.0 Å². The lowest BCUT2D eigenvalue weighted by molar-refractivity contribution is 0.0766. The zero-order valence-corrected chi connectivity index (χ0v) is 12.0. The Hall–Kier alpha value is -1.17. The Morgan fingerprint density at radius 1 is 1.20 bits per heavy atom. The number of pyridine rings is 1. The summed E-state index contributed by atoms with van der Waals surface area (Å²) in [5.41, 5.74) is 10.3. The molecule has 1 aromatic rings. The lowest BCUT2D eigenvalue weighted by Gasteiger charge is -2.45. The fourth-order valence-electron chi connectivity index (χ4n) is 4.15. The summed E-state index contributed by atoms with van der Waals surface area (Å²) in [5.74, 6) is 6.54. The highest BCUT2D eigenvalue weighted by molar-refractivity contribution is 5.43. The number of rotatable bonds is 4. The van der Waals surface area contributed by atoms with Gasteiger partial charge in [-0.15, -0.1) is 0 Å². The van der Waals surface area contributed by atoms with Crippen molar-refractivity contribution >= 4 is 5.82 Å². The largest absolute Gasteiger partial charge is 0.383 e. The number of hydrogen-bond donors (Lipinski definition) is 3. The Morgan fingerprint density at radius 3 is 2.50 bits per heavy atom. The molecule has 1 aromatic heterocycles. The third-order valence-electron chi connectivity index (χ3n) is 5.09. The predicted octanol–water partition coefficient (Wildman–Crippen LogP) is 1.58. The average molecular weight is 275 g/mol. The van der Waals surface area contributed by atoms with Gasteiger partial charge in [-0.1, -0.05) is 18.9 Å². The first-order chi connectivity index (χ1) is 9.78. The van der Waals surface area contributed by atoms with Gasteiger partial charge in [0.25, 0.3) is 0 Å². The summed E-state index contributed by atoms with van der Waals surface area (Å²) in [4.78, 5) is 6.88. The smallest absolute Gasteiger partial charge is 0.128 e. The minimum atomic E-state index is 0.0665. The quantitative estimate of drug-likeness (QED) is 0.574. The molecule has 0 aromatic carbocycles. The Labute approximate surface area is 120 Å². The molecule has 1 aliphatic heterocycles. The van der Waals surface area contributed by atoms with Crippen LogP contribution in [-0.4, -0.2) is 28.5 Å². The summed E-state index contributed by atoms with van der Waals surface area (Å²) < 4.78 is 0. The maximum absolute atomic E-state index is 6.10. The topological polar surface area (TPSA) is 80.2 Å². The number of nitrogen functional groups attached to an aromatic ring is 1. The van der Waals surface area contributed by atoms with Crippen LogP contribution in [0.15, 0.2) is 18.3 Å². The molecule has 0 radical (unpaired) electrons. The second-order valence-corrected chi connectivity index (χ2v) is 6.08. The van der Waals surface area contributed by atoms with Gasteiger partial charge in [0.1, 0.15) is 5.82 Å². The standard InChI is InChI=1S/C15H25N5/c16-14-12(6-5-9-18-14)13(19-17)15(7-1-2-8-15)20-10-3-4-11-20/h5-6,9,13,19H,1-4,7-8,10-11,17H2,(H2,16,18). The van der Waals surface area contributed by atoms with Gasteiger partial charge in [0, 0.05) is 17.3 Å². The molecule has 3 rings (SSSR count). The molecule has 1 atom stereocenters. The number of nitrogens with zero attached hydrogens (tertiary/aromatic N) is 2. The number of hydrazine groups is 1. The van der Waals surface area contributed by atoms with Gasteiger partial charge >= 0.3 is 0 Å². The molecular formula is C15H25N5. The van der Waals surface area contributed by atoms with Crippen molar-refractivity contribution in [1.82, 2.24) is 15.3 Å². The van der Waals surface area contributed by atoms with E-state index < -0.39 is 0 Å². The average Bonchev–Trinajstić information content (AvgIpc) is 3.12. The molecule has 0 spiro atoms. The van der Waals surface area contributed by atoms with E-state index in [0.29, 0.717) is 5.82 Å². The van der Waals surface area contributed by atoms with E-state index in [4.69, 9.17) is 11.6 Å². The fourth-order valence-corrected chi connectivity index (χ4v) is 4.15. The van der Waals surface area contributed by atoms with Gasteiger partial charge in [-0.25, -0.2) is 4.98 Å². The van der Waals surface area contributed by atoms with Gasteiger partial charge in [0.15, 0.2) is 0 Å². The molecule has 0 bridgehead atoms. The van der Waals surface area contributed by atoms with Crippen molar-refractivity contribution in [3.8, 4) is 0 Å². The lowest BCUT2D eigenvalue weighted by atomic mass is 9.82. The molecule has 1 unspecified atom stereocenters. The van der Waals surface area contributed by atoms with Gasteiger partial charge in [-0.2, -0.15) is 0 Å². The number of nitrogens with one attached hydrogen (secondary N) is 1. The number of anilines is 1. The molecule has 1 aliphatic carbocycles. The molecular weight excluding hydrogens is 250 g/mol. The summed E-state index contributed by atoms with van der Waals surface area (Å²) in [6, 6.07) is 4.07. The van der Waals surface area contributed by atoms with Crippen LogP contribution in [0.3, 0.4) is 0 Å². The lowest BCUT2D eigenvalue weighted by Crippen LogP contribution is -2.55. The summed E-state index contributed by atoms with van der Waals surface area (Å²) >= 11 is 0. The van der Waals surface area contributed by atoms with E-state index >= 15 is 0 Å². The Morgan fingerprint density at radius 2 is 1.90 bits per heavy atom. The van der Waals surface area contributed by atoms with Crippen molar-refractivity contribution in [2.24, 2.45) is 5.84 Å². The Balaban J connectivity index is 1.98. The Bertz CT molecular complexity index is 449. The van der Waals surface area contributed by atoms with E-state index in [1.807, 2.05) is 6.07 Å². The van der Waals surface area contributed by atoms with Crippen LogP contribution in [0.4, 0.5) is 5.82 Å². The normalized spacial score (nSPS) is 24.1. The number of nitrogens with two attached hydrogens (primary N) is 2. The van der Waals surface area contributed by atoms with Crippen molar-refractivity contribution in [3.63, 3.8) is 0 Å². The van der Waals surface area contributed by atoms with Gasteiger partial charge in [-0.05, 0) is 44.8 Å². The third-order valence-corrected chi connectivity index (χ3v) is 5.09. The zero-order valence-electron chi connectivity index (χ0n) is 12.0. The van der Waals surface area contributed by atoms with Crippen LogP contribution in [0.25, 0.3) is 0 Å². The molecule has 2 heterocycles. The zero-order chi connectivity index (χ0) is 14.0. The predicted molar refractivity (Wildman–Crippen MR) is 80.7 cm³/mol. The number of aromatic nitrogens is 1. The molecule has 1 saturated heterocycles. The van der Waals surface area contributed by atoms with Crippen molar-refractivity contribution in [1.29, 1.82) is 0 Å². The first kappa shape index (κ1) is 13.8. The Kier molecular flexibility index (Phi) is 3.92. The fraction of sp³-hybridized carbons (Fsp3) is 0.667. The second-order valence-electron chi connectivity index (χ2n) is 6.08. The van der Waals surface area contributed by atoms with E-state index in [0.717, 1.165) is 5.56 Å². The highest BCUT2D eigenvalue weighted by Gasteiger charge is 2.47. The van der Waals surface area contributed by atoms with E-state index in [2.05, 4.69) is 21.4 Å². The minimum absolute atomic E-state index is 0.0665. The molecule has 0 amide bonds. The molecule has 110 valence electrons. The molecule has 5 N–H and O–H groups in total. The van der Waals surface area contributed by atoms with Crippen LogP contribution in [0.2, 0.25) is 0 Å². The monoisotopic (exact) mass is 275 g/mol. The molecule has 5 nitrogen and oxygen atoms in total. The minimum Gasteiger partial charge on any atom is -0.383 e. The second kappa shape index (κ2) is 5.68. The van der Waals surface area contributed by atoms with Crippen LogP contribution in [0.1, 0.15) is 50.1 Å². The van der Waals surface area contributed by atoms with Gasteiger partial charge in [0.05, 0.1) is 6.04 Å². The van der Waals surface area contributed by atoms with Crippen molar-refractivity contribution in [2.75, 3.05) is 18.8 Å². The molecule has 2 aliphatic rings. The van der Waals surface area contributed by atoms with E-state index in [1.54, 1.807) is 6.20 Å². The highest BCUT2D eigenvalue weighted by atomic mass is 15.3. The maximum atomic E-state index is 6.10. The summed E-state index contributed by atoms with van der Waals surface area (Å²) in [7, 11) is 0. The summed E-state index contributed by atoms with van der Waals surface area (Å²) in [6.45, 7) is 2.36.